The molecule has 1 amide bonds. The number of amides is 1. The third-order valence-corrected chi connectivity index (χ3v) is 7.58. The lowest BCUT2D eigenvalue weighted by Crippen LogP contribution is -2.21. The van der Waals surface area contributed by atoms with Crippen LogP contribution in [0.1, 0.15) is 12.5 Å². The number of aromatic nitrogens is 2. The lowest BCUT2D eigenvalue weighted by molar-refractivity contribution is -0.118. The van der Waals surface area contributed by atoms with Crippen molar-refractivity contribution in [2.45, 2.75) is 6.92 Å². The average molecular weight is 715 g/mol. The first-order chi connectivity index (χ1) is 21.9. The number of fused-ring (bicyclic) bond motifs is 2. The molecule has 0 atom stereocenters. The minimum Gasteiger partial charge on any atom is -0.496 e. The van der Waals surface area contributed by atoms with E-state index in [0.29, 0.717) is 60.9 Å². The number of rotatable bonds is 10. The highest BCUT2D eigenvalue weighted by atomic mass is 127. The topological polar surface area (TPSA) is 117 Å². The summed E-state index contributed by atoms with van der Waals surface area (Å²) in [6, 6.07) is 27.1. The van der Waals surface area contributed by atoms with E-state index in [0.717, 1.165) is 5.39 Å². The predicted molar refractivity (Wildman–Crippen MR) is 182 cm³/mol. The van der Waals surface area contributed by atoms with E-state index < -0.39 is 0 Å². The Kier molecular flexibility index (Phi) is 8.78. The van der Waals surface area contributed by atoms with E-state index >= 15 is 0 Å². The Bertz CT molecular complexity index is 2110. The van der Waals surface area contributed by atoms with E-state index in [1.807, 2.05) is 55.5 Å². The van der Waals surface area contributed by atoms with Gasteiger partial charge in [0.15, 0.2) is 23.9 Å². The summed E-state index contributed by atoms with van der Waals surface area (Å²) >= 11 is 2.12. The molecule has 0 radical (unpaired) electrons. The average Bonchev–Trinajstić information content (AvgIpc) is 3.49. The summed E-state index contributed by atoms with van der Waals surface area (Å²) in [5, 5.41) is 8.53. The minimum absolute atomic E-state index is 0.206. The van der Waals surface area contributed by atoms with Gasteiger partial charge in [-0.25, -0.2) is 4.98 Å². The summed E-state index contributed by atoms with van der Waals surface area (Å²) in [5.41, 5.74) is 2.06. The largest absolute Gasteiger partial charge is 0.496 e. The fraction of sp³-hybridized carbons (Fsp3) is 0.118. The Morgan fingerprint density at radius 2 is 1.78 bits per heavy atom. The zero-order chi connectivity index (χ0) is 31.3. The number of furan rings is 1. The van der Waals surface area contributed by atoms with Crippen LogP contribution in [0.2, 0.25) is 0 Å². The molecule has 0 aliphatic carbocycles. The molecule has 1 N–H and O–H groups in total. The summed E-state index contributed by atoms with van der Waals surface area (Å²) in [4.78, 5) is 31.0. The van der Waals surface area contributed by atoms with Gasteiger partial charge in [-0.15, -0.1) is 0 Å². The second-order valence-electron chi connectivity index (χ2n) is 9.76. The molecule has 226 valence electrons. The van der Waals surface area contributed by atoms with Gasteiger partial charge in [0.25, 0.3) is 11.5 Å². The Hall–Kier alpha value is -5.17. The maximum Gasteiger partial charge on any atom is 0.282 e. The lowest BCUT2D eigenvalue weighted by Gasteiger charge is -2.14. The van der Waals surface area contributed by atoms with Gasteiger partial charge in [0.2, 0.25) is 5.82 Å². The first-order valence-corrected chi connectivity index (χ1v) is 15.1. The van der Waals surface area contributed by atoms with Gasteiger partial charge < -0.3 is 23.9 Å². The normalized spacial score (nSPS) is 11.3. The van der Waals surface area contributed by atoms with Gasteiger partial charge >= 0.3 is 0 Å². The molecule has 2 heterocycles. The van der Waals surface area contributed by atoms with Gasteiger partial charge in [0.1, 0.15) is 11.3 Å². The Morgan fingerprint density at radius 3 is 2.58 bits per heavy atom. The molecule has 11 heteroatoms. The first-order valence-electron chi connectivity index (χ1n) is 14.0. The van der Waals surface area contributed by atoms with Crippen molar-refractivity contribution >= 4 is 62.3 Å². The van der Waals surface area contributed by atoms with E-state index in [1.54, 1.807) is 55.8 Å². The van der Waals surface area contributed by atoms with Crippen LogP contribution in [0.5, 0.6) is 17.2 Å². The maximum atomic E-state index is 13.7. The van der Waals surface area contributed by atoms with Crippen molar-refractivity contribution in [1.29, 1.82) is 0 Å². The number of halogens is 1. The van der Waals surface area contributed by atoms with E-state index in [1.165, 1.54) is 4.68 Å². The number of hydrogen-bond acceptors (Lipinski definition) is 8. The molecule has 0 saturated heterocycles. The van der Waals surface area contributed by atoms with Crippen LogP contribution < -0.4 is 25.1 Å². The number of ether oxygens (including phenoxy) is 3. The van der Waals surface area contributed by atoms with Crippen molar-refractivity contribution < 1.29 is 23.4 Å². The van der Waals surface area contributed by atoms with Gasteiger partial charge in [-0.2, -0.15) is 9.78 Å². The van der Waals surface area contributed by atoms with Crippen LogP contribution in [0, 0.1) is 3.57 Å². The minimum atomic E-state index is -0.358. The van der Waals surface area contributed by atoms with Gasteiger partial charge in [-0.05, 0) is 89.7 Å². The number of methoxy groups -OCH3 is 1. The van der Waals surface area contributed by atoms with Crippen LogP contribution in [0.4, 0.5) is 5.69 Å². The molecule has 6 aromatic rings. The molecule has 0 aliphatic rings. The van der Waals surface area contributed by atoms with E-state index in [9.17, 15) is 9.59 Å². The van der Waals surface area contributed by atoms with Crippen molar-refractivity contribution in [3.8, 4) is 28.8 Å². The summed E-state index contributed by atoms with van der Waals surface area (Å²) in [7, 11) is 1.59. The molecule has 0 fully saturated rings. The Balaban J connectivity index is 1.35. The zero-order valence-corrected chi connectivity index (χ0v) is 26.5. The van der Waals surface area contributed by atoms with E-state index in [4.69, 9.17) is 23.6 Å². The van der Waals surface area contributed by atoms with Crippen molar-refractivity contribution in [2.24, 2.45) is 5.10 Å². The highest BCUT2D eigenvalue weighted by Gasteiger charge is 2.19. The van der Waals surface area contributed by atoms with E-state index in [-0.39, 0.29) is 23.9 Å². The molecule has 0 unspecified atom stereocenters. The molecule has 0 saturated carbocycles. The van der Waals surface area contributed by atoms with Gasteiger partial charge in [-0.1, -0.05) is 36.4 Å². The molecule has 4 aromatic carbocycles. The summed E-state index contributed by atoms with van der Waals surface area (Å²) < 4.78 is 25.3. The predicted octanol–water partition coefficient (Wildman–Crippen LogP) is 6.72. The fourth-order valence-corrected chi connectivity index (χ4v) is 5.54. The molecular weight excluding hydrogens is 687 g/mol. The number of carbonyl (C=O) groups is 1. The molecule has 10 nitrogen and oxygen atoms in total. The molecular formula is C34H27IN4O6. The van der Waals surface area contributed by atoms with Crippen LogP contribution >= 0.6 is 22.6 Å². The van der Waals surface area contributed by atoms with Gasteiger partial charge in [0.05, 0.1) is 39.8 Å². The second-order valence-corrected chi connectivity index (χ2v) is 10.9. The number of nitrogens with zero attached hydrogens (tertiary/aromatic N) is 3. The number of carbonyl (C=O) groups excluding carboxylic acids is 1. The lowest BCUT2D eigenvalue weighted by atomic mass is 10.2. The standard InChI is InChI=1S/C34H27IN4O6/c1-3-43-29-17-21(16-25(35)32(29)44-20-31(40)37-22-10-5-4-6-11-22)19-36-39-33(38-26-13-8-7-12-23(26)34(39)41)30-18-24-27(42-2)14-9-15-28(24)45-30/h4-19H,3,20H2,1-2H3,(H,37,40). The summed E-state index contributed by atoms with van der Waals surface area (Å²) in [5.74, 6) is 1.79. The maximum absolute atomic E-state index is 13.7. The SMILES string of the molecule is CCOc1cc(C=Nn2c(-c3cc4c(OC)cccc4o3)nc3ccccc3c2=O)cc(I)c1OCC(=O)Nc1ccccc1. The van der Waals surface area contributed by atoms with E-state index in [2.05, 4.69) is 33.0 Å². The molecule has 6 rings (SSSR count). The quantitative estimate of drug-likeness (QED) is 0.124. The van der Waals surface area contributed by atoms with Crippen molar-refractivity contribution in [2.75, 3.05) is 25.6 Å². The Labute approximate surface area is 271 Å². The van der Waals surface area contributed by atoms with Crippen LogP contribution in [0.3, 0.4) is 0 Å². The number of hydrogen-bond donors (Lipinski definition) is 1. The highest BCUT2D eigenvalue weighted by molar-refractivity contribution is 14.1. The number of benzene rings is 4. The summed E-state index contributed by atoms with van der Waals surface area (Å²) in [6.07, 6.45) is 1.54. The van der Waals surface area contributed by atoms with Crippen molar-refractivity contribution in [3.63, 3.8) is 0 Å². The van der Waals surface area contributed by atoms with Gasteiger partial charge in [-0.3, -0.25) is 9.59 Å². The van der Waals surface area contributed by atoms with Crippen molar-refractivity contribution in [1.82, 2.24) is 9.66 Å². The monoisotopic (exact) mass is 714 g/mol. The molecule has 0 aliphatic heterocycles. The third-order valence-electron chi connectivity index (χ3n) is 6.77. The second kappa shape index (κ2) is 13.2. The van der Waals surface area contributed by atoms with Crippen LogP contribution in [0.15, 0.2) is 105 Å². The van der Waals surface area contributed by atoms with Gasteiger partial charge in [0, 0.05) is 5.69 Å². The number of nitrogens with one attached hydrogen (secondary N) is 1. The summed E-state index contributed by atoms with van der Waals surface area (Å²) in [6.45, 7) is 2.02. The zero-order valence-electron chi connectivity index (χ0n) is 24.3. The molecule has 45 heavy (non-hydrogen) atoms. The molecule has 0 bridgehead atoms. The van der Waals surface area contributed by atoms with Crippen LogP contribution in [-0.4, -0.2) is 42.1 Å². The number of para-hydroxylation sites is 2. The number of anilines is 1. The van der Waals surface area contributed by atoms with Crippen LogP contribution in [0.25, 0.3) is 33.5 Å². The molecule has 2 aromatic heterocycles. The third kappa shape index (κ3) is 6.38. The van der Waals surface area contributed by atoms with Crippen LogP contribution in [-0.2, 0) is 4.79 Å². The van der Waals surface area contributed by atoms with Crippen molar-refractivity contribution in [3.05, 3.63) is 110 Å². The highest BCUT2D eigenvalue weighted by Crippen LogP contribution is 2.35. The first kappa shape index (κ1) is 29.9. The smallest absolute Gasteiger partial charge is 0.282 e. The molecule has 0 spiro atoms. The Morgan fingerprint density at radius 1 is 0.978 bits per heavy atom. The fourth-order valence-electron chi connectivity index (χ4n) is 4.76.